The van der Waals surface area contributed by atoms with E-state index in [1.807, 2.05) is 0 Å². The third kappa shape index (κ3) is 5.55. The molecule has 1 saturated heterocycles. The van der Waals surface area contributed by atoms with Gasteiger partial charge in [-0.1, -0.05) is 30.3 Å². The van der Waals surface area contributed by atoms with Crippen LogP contribution in [-0.4, -0.2) is 72.1 Å². The molecule has 5 rings (SSSR count). The number of halogens is 1. The van der Waals surface area contributed by atoms with Gasteiger partial charge in [0.25, 0.3) is 11.8 Å². The van der Waals surface area contributed by atoms with E-state index in [4.69, 9.17) is 0 Å². The SMILES string of the molecule is CN1CCN(CCCNC(=O)c2ccc3c(c2)N(Cc2ccccc2F)C(=O)c2ccccc2[S@@]3=O)CC1. The van der Waals surface area contributed by atoms with E-state index in [2.05, 4.69) is 22.2 Å². The zero-order valence-corrected chi connectivity index (χ0v) is 22.2. The fraction of sp³-hybridized carbons (Fsp3) is 0.310. The molecule has 0 saturated carbocycles. The number of nitrogens with one attached hydrogen (secondary N) is 1. The Balaban J connectivity index is 1.38. The fourth-order valence-electron chi connectivity index (χ4n) is 4.84. The number of rotatable bonds is 7. The molecule has 0 unspecified atom stereocenters. The van der Waals surface area contributed by atoms with Crippen molar-refractivity contribution in [1.82, 2.24) is 15.1 Å². The molecule has 1 atom stereocenters. The number of carbonyl (C=O) groups excluding carboxylic acids is 2. The van der Waals surface area contributed by atoms with E-state index in [0.29, 0.717) is 38.7 Å². The van der Waals surface area contributed by atoms with Crippen molar-refractivity contribution in [3.8, 4) is 0 Å². The van der Waals surface area contributed by atoms with Crippen molar-refractivity contribution in [2.45, 2.75) is 22.8 Å². The molecule has 2 heterocycles. The molecule has 1 N–H and O–H groups in total. The second kappa shape index (κ2) is 11.6. The van der Waals surface area contributed by atoms with E-state index in [0.717, 1.165) is 39.1 Å². The van der Waals surface area contributed by atoms with E-state index in [1.165, 1.54) is 11.0 Å². The van der Waals surface area contributed by atoms with Crippen molar-refractivity contribution in [2.24, 2.45) is 0 Å². The summed E-state index contributed by atoms with van der Waals surface area (Å²) >= 11 is 0. The van der Waals surface area contributed by atoms with Gasteiger partial charge in [-0.05, 0) is 56.4 Å². The van der Waals surface area contributed by atoms with Crippen molar-refractivity contribution < 1.29 is 18.2 Å². The van der Waals surface area contributed by atoms with Crippen LogP contribution in [0.25, 0.3) is 0 Å². The summed E-state index contributed by atoms with van der Waals surface area (Å²) in [6.45, 7) is 5.54. The minimum Gasteiger partial charge on any atom is -0.352 e. The lowest BCUT2D eigenvalue weighted by Gasteiger charge is -2.32. The number of piperazine rings is 1. The first-order valence-corrected chi connectivity index (χ1v) is 14.0. The molecule has 7 nitrogen and oxygen atoms in total. The number of anilines is 1. The van der Waals surface area contributed by atoms with Crippen molar-refractivity contribution in [2.75, 3.05) is 51.2 Å². The number of likely N-dealkylation sites (N-methyl/N-ethyl adjacent to an activating group) is 1. The number of hydrogen-bond acceptors (Lipinski definition) is 5. The topological polar surface area (TPSA) is 73.0 Å². The molecule has 2 amide bonds. The van der Waals surface area contributed by atoms with Crippen molar-refractivity contribution >= 4 is 28.3 Å². The highest BCUT2D eigenvalue weighted by atomic mass is 32.2. The van der Waals surface area contributed by atoms with Gasteiger partial charge in [0.05, 0.1) is 38.4 Å². The summed E-state index contributed by atoms with van der Waals surface area (Å²) in [5.41, 5.74) is 1.33. The Morgan fingerprint density at radius 2 is 1.71 bits per heavy atom. The first-order valence-electron chi connectivity index (χ1n) is 12.8. The molecule has 2 aliphatic heterocycles. The highest BCUT2D eigenvalue weighted by molar-refractivity contribution is 7.85. The predicted molar refractivity (Wildman–Crippen MR) is 145 cm³/mol. The molecule has 38 heavy (non-hydrogen) atoms. The molecular weight excluding hydrogens is 503 g/mol. The lowest BCUT2D eigenvalue weighted by molar-refractivity contribution is 0.0946. The van der Waals surface area contributed by atoms with Gasteiger partial charge < -0.3 is 20.0 Å². The average molecular weight is 535 g/mol. The van der Waals surface area contributed by atoms with Gasteiger partial charge in [-0.2, -0.15) is 0 Å². The second-order valence-corrected chi connectivity index (χ2v) is 11.1. The smallest absolute Gasteiger partial charge is 0.259 e. The van der Waals surface area contributed by atoms with Gasteiger partial charge in [0.1, 0.15) is 5.82 Å². The van der Waals surface area contributed by atoms with Crippen molar-refractivity contribution in [3.63, 3.8) is 0 Å². The van der Waals surface area contributed by atoms with E-state index >= 15 is 0 Å². The molecule has 0 aliphatic carbocycles. The van der Waals surface area contributed by atoms with Crippen LogP contribution < -0.4 is 10.2 Å². The van der Waals surface area contributed by atoms with E-state index in [-0.39, 0.29) is 18.4 Å². The summed E-state index contributed by atoms with van der Waals surface area (Å²) in [5, 5.41) is 2.97. The van der Waals surface area contributed by atoms with Crippen LogP contribution in [0.15, 0.2) is 76.5 Å². The van der Waals surface area contributed by atoms with Gasteiger partial charge >= 0.3 is 0 Å². The lowest BCUT2D eigenvalue weighted by atomic mass is 10.1. The summed E-state index contributed by atoms with van der Waals surface area (Å²) in [7, 11) is 0.479. The van der Waals surface area contributed by atoms with Gasteiger partial charge in [0.2, 0.25) is 0 Å². The number of fused-ring (bicyclic) bond motifs is 2. The highest BCUT2D eigenvalue weighted by Crippen LogP contribution is 2.36. The number of amides is 2. The van der Waals surface area contributed by atoms with Crippen LogP contribution in [-0.2, 0) is 17.3 Å². The molecule has 0 aromatic heterocycles. The lowest BCUT2D eigenvalue weighted by Crippen LogP contribution is -2.45. The quantitative estimate of drug-likeness (QED) is 0.470. The predicted octanol–water partition coefficient (Wildman–Crippen LogP) is 3.52. The number of carbonyl (C=O) groups is 2. The normalized spacial score (nSPS) is 18.0. The Morgan fingerprint density at radius 3 is 2.50 bits per heavy atom. The monoisotopic (exact) mass is 534 g/mol. The summed E-state index contributed by atoms with van der Waals surface area (Å²) in [5.74, 6) is -1.09. The Kier molecular flexibility index (Phi) is 7.97. The standard InChI is InChI=1S/C29H31FN4O3S/c1-32-15-17-33(18-16-32)14-6-13-31-28(35)21-11-12-27-25(19-21)34(20-22-7-2-4-9-24(22)30)29(36)23-8-3-5-10-26(23)38(27)37/h2-5,7-12,19H,6,13-18,20H2,1H3,(H,31,35)/t38-/m0/s1. The summed E-state index contributed by atoms with van der Waals surface area (Å²) < 4.78 is 28.1. The van der Waals surface area contributed by atoms with E-state index < -0.39 is 16.6 Å². The van der Waals surface area contributed by atoms with Gasteiger partial charge in [-0.15, -0.1) is 0 Å². The maximum atomic E-state index is 14.6. The zero-order chi connectivity index (χ0) is 26.6. The van der Waals surface area contributed by atoms with Gasteiger partial charge in [-0.3, -0.25) is 9.59 Å². The first kappa shape index (κ1) is 26.2. The third-order valence-corrected chi connectivity index (χ3v) is 8.59. The van der Waals surface area contributed by atoms with Crippen LogP contribution in [0.1, 0.15) is 32.7 Å². The molecule has 0 spiro atoms. The molecule has 0 bridgehead atoms. The Hall–Kier alpha value is -3.40. The van der Waals surface area contributed by atoms with Gasteiger partial charge in [0, 0.05) is 43.9 Å². The van der Waals surface area contributed by atoms with Crippen LogP contribution in [0, 0.1) is 5.82 Å². The van der Waals surface area contributed by atoms with Crippen LogP contribution in [0.2, 0.25) is 0 Å². The molecule has 198 valence electrons. The maximum Gasteiger partial charge on any atom is 0.259 e. The average Bonchev–Trinajstić information content (AvgIpc) is 3.02. The summed E-state index contributed by atoms with van der Waals surface area (Å²) in [6, 6.07) is 17.9. The Bertz CT molecular complexity index is 1370. The van der Waals surface area contributed by atoms with Gasteiger partial charge in [-0.25, -0.2) is 8.60 Å². The van der Waals surface area contributed by atoms with Crippen molar-refractivity contribution in [1.29, 1.82) is 0 Å². The Morgan fingerprint density at radius 1 is 0.974 bits per heavy atom. The first-order chi connectivity index (χ1) is 18.4. The molecule has 2 aliphatic rings. The summed E-state index contributed by atoms with van der Waals surface area (Å²) in [6.07, 6.45) is 0.831. The molecule has 0 radical (unpaired) electrons. The van der Waals surface area contributed by atoms with Crippen LogP contribution >= 0.6 is 0 Å². The Labute approximate surface area is 224 Å². The van der Waals surface area contributed by atoms with E-state index in [9.17, 15) is 18.2 Å². The van der Waals surface area contributed by atoms with Crippen LogP contribution in [0.3, 0.4) is 0 Å². The molecule has 1 fully saturated rings. The maximum absolute atomic E-state index is 14.6. The minimum atomic E-state index is -1.64. The molecule has 3 aromatic rings. The molecular formula is C29H31FN4O3S. The zero-order valence-electron chi connectivity index (χ0n) is 21.4. The molecule has 3 aromatic carbocycles. The molecule has 9 heteroatoms. The highest BCUT2D eigenvalue weighted by Gasteiger charge is 2.32. The number of benzene rings is 3. The van der Waals surface area contributed by atoms with E-state index in [1.54, 1.807) is 60.7 Å². The summed E-state index contributed by atoms with van der Waals surface area (Å²) in [4.78, 5) is 33.7. The minimum absolute atomic E-state index is 0.0554. The fourth-order valence-corrected chi connectivity index (χ4v) is 6.18. The van der Waals surface area contributed by atoms with Crippen LogP contribution in [0.5, 0.6) is 0 Å². The third-order valence-electron chi connectivity index (χ3n) is 7.09. The van der Waals surface area contributed by atoms with Crippen LogP contribution in [0.4, 0.5) is 10.1 Å². The van der Waals surface area contributed by atoms with Crippen molar-refractivity contribution in [3.05, 3.63) is 89.2 Å². The largest absolute Gasteiger partial charge is 0.352 e. The number of nitrogens with zero attached hydrogens (tertiary/aromatic N) is 3. The van der Waals surface area contributed by atoms with Gasteiger partial charge in [0.15, 0.2) is 0 Å². The number of hydrogen-bond donors (Lipinski definition) is 1. The second-order valence-electron chi connectivity index (χ2n) is 9.68.